The molecule has 1 aliphatic rings. The van der Waals surface area contributed by atoms with Gasteiger partial charge in [0.15, 0.2) is 0 Å². The first kappa shape index (κ1) is 15.8. The molecule has 2 rings (SSSR count). The fourth-order valence-electron chi connectivity index (χ4n) is 2.68. The molecule has 0 aromatic heterocycles. The number of amides is 1. The summed E-state index contributed by atoms with van der Waals surface area (Å²) < 4.78 is 0. The molecule has 21 heavy (non-hydrogen) atoms. The molecule has 0 spiro atoms. The third-order valence-corrected chi connectivity index (χ3v) is 4.07. The summed E-state index contributed by atoms with van der Waals surface area (Å²) in [6, 6.07) is 10.5. The molecule has 4 heteroatoms. The topological polar surface area (TPSA) is 52.6 Å². The molecule has 1 amide bonds. The van der Waals surface area contributed by atoms with Gasteiger partial charge in [0, 0.05) is 24.8 Å². The third-order valence-electron chi connectivity index (χ3n) is 4.07. The molecule has 1 heterocycles. The smallest absolute Gasteiger partial charge is 0.222 e. The Morgan fingerprint density at radius 3 is 2.76 bits per heavy atom. The molecule has 1 aliphatic heterocycles. The van der Waals surface area contributed by atoms with Crippen molar-refractivity contribution >= 4 is 11.6 Å². The minimum Gasteiger partial charge on any atom is -0.392 e. The van der Waals surface area contributed by atoms with Crippen LogP contribution in [0.2, 0.25) is 0 Å². The minimum atomic E-state index is -0.557. The Labute approximate surface area is 127 Å². The van der Waals surface area contributed by atoms with Gasteiger partial charge in [-0.2, -0.15) is 0 Å². The van der Waals surface area contributed by atoms with Crippen molar-refractivity contribution in [2.45, 2.75) is 45.3 Å². The first-order valence-electron chi connectivity index (χ1n) is 7.83. The second kappa shape index (κ2) is 7.46. The lowest BCUT2D eigenvalue weighted by Crippen LogP contribution is -2.48. The number of aliphatic hydroxyl groups excluding tert-OH is 1. The lowest BCUT2D eigenvalue weighted by molar-refractivity contribution is -0.124. The molecule has 116 valence electrons. The predicted molar refractivity (Wildman–Crippen MR) is 85.3 cm³/mol. The van der Waals surface area contributed by atoms with Crippen LogP contribution in [0.5, 0.6) is 0 Å². The van der Waals surface area contributed by atoms with E-state index in [1.807, 2.05) is 32.0 Å². The van der Waals surface area contributed by atoms with Gasteiger partial charge in [-0.25, -0.2) is 0 Å². The molecule has 0 radical (unpaired) electrons. The number of aliphatic hydroxyl groups is 1. The Bertz CT molecular complexity index is 447. The number of nitrogens with one attached hydrogen (secondary N) is 1. The van der Waals surface area contributed by atoms with Crippen molar-refractivity contribution in [1.29, 1.82) is 0 Å². The van der Waals surface area contributed by atoms with Gasteiger partial charge in [0.25, 0.3) is 0 Å². The van der Waals surface area contributed by atoms with E-state index in [4.69, 9.17) is 0 Å². The van der Waals surface area contributed by atoms with Crippen molar-refractivity contribution in [1.82, 2.24) is 5.32 Å². The van der Waals surface area contributed by atoms with Crippen LogP contribution in [0.15, 0.2) is 30.3 Å². The van der Waals surface area contributed by atoms with Gasteiger partial charge in [0.2, 0.25) is 5.91 Å². The van der Waals surface area contributed by atoms with Crippen LogP contribution in [0.1, 0.15) is 33.1 Å². The molecular formula is C17H26N2O2. The average Bonchev–Trinajstić information content (AvgIpc) is 2.48. The highest BCUT2D eigenvalue weighted by atomic mass is 16.3. The SMILES string of the molecule is CC(C)C(O)CC(=O)NC1CCCN(c2ccccc2)C1. The summed E-state index contributed by atoms with van der Waals surface area (Å²) in [6.45, 7) is 5.73. The summed E-state index contributed by atoms with van der Waals surface area (Å²) in [7, 11) is 0. The quantitative estimate of drug-likeness (QED) is 0.874. The highest BCUT2D eigenvalue weighted by Gasteiger charge is 2.23. The fraction of sp³-hybridized carbons (Fsp3) is 0.588. The van der Waals surface area contributed by atoms with Gasteiger partial charge in [-0.05, 0) is 30.9 Å². The molecule has 1 aromatic rings. The number of nitrogens with zero attached hydrogens (tertiary/aromatic N) is 1. The van der Waals surface area contributed by atoms with Crippen LogP contribution in [0.25, 0.3) is 0 Å². The van der Waals surface area contributed by atoms with E-state index in [0.29, 0.717) is 0 Å². The van der Waals surface area contributed by atoms with Crippen molar-refractivity contribution in [3.05, 3.63) is 30.3 Å². The van der Waals surface area contributed by atoms with Crippen LogP contribution in [0.3, 0.4) is 0 Å². The summed E-state index contributed by atoms with van der Waals surface area (Å²) in [6.07, 6.45) is 1.72. The number of para-hydroxylation sites is 1. The Balaban J connectivity index is 1.85. The maximum absolute atomic E-state index is 12.0. The molecule has 1 aromatic carbocycles. The van der Waals surface area contributed by atoms with E-state index in [1.54, 1.807) is 0 Å². The van der Waals surface area contributed by atoms with Gasteiger partial charge >= 0.3 is 0 Å². The average molecular weight is 290 g/mol. The first-order valence-corrected chi connectivity index (χ1v) is 7.83. The largest absolute Gasteiger partial charge is 0.392 e. The number of benzene rings is 1. The lowest BCUT2D eigenvalue weighted by atomic mass is 10.0. The van der Waals surface area contributed by atoms with Crippen molar-refractivity contribution in [3.63, 3.8) is 0 Å². The fourth-order valence-corrected chi connectivity index (χ4v) is 2.68. The standard InChI is InChI=1S/C17H26N2O2/c1-13(2)16(20)11-17(21)18-14-7-6-10-19(12-14)15-8-4-3-5-9-15/h3-5,8-9,13-14,16,20H,6-7,10-12H2,1-2H3,(H,18,21). The van der Waals surface area contributed by atoms with E-state index in [-0.39, 0.29) is 24.3 Å². The molecule has 0 saturated carbocycles. The number of carbonyl (C=O) groups is 1. The summed E-state index contributed by atoms with van der Waals surface area (Å²) in [5.74, 6) is 0.0686. The van der Waals surface area contributed by atoms with E-state index in [1.165, 1.54) is 5.69 Å². The molecule has 2 unspecified atom stereocenters. The van der Waals surface area contributed by atoms with E-state index >= 15 is 0 Å². The predicted octanol–water partition coefficient (Wildman–Crippen LogP) is 2.18. The zero-order chi connectivity index (χ0) is 15.2. The van der Waals surface area contributed by atoms with Crippen molar-refractivity contribution in [2.24, 2.45) is 5.92 Å². The number of piperidine rings is 1. The summed E-state index contributed by atoms with van der Waals surface area (Å²) in [5.41, 5.74) is 1.21. The van der Waals surface area contributed by atoms with Gasteiger partial charge in [0.1, 0.15) is 0 Å². The normalized spacial score (nSPS) is 20.4. The molecule has 0 bridgehead atoms. The molecule has 2 N–H and O–H groups in total. The van der Waals surface area contributed by atoms with E-state index in [0.717, 1.165) is 25.9 Å². The Hall–Kier alpha value is -1.55. The van der Waals surface area contributed by atoms with Crippen LogP contribution in [-0.4, -0.2) is 36.2 Å². The first-order chi connectivity index (χ1) is 10.1. The van der Waals surface area contributed by atoms with Crippen LogP contribution in [0.4, 0.5) is 5.69 Å². The molecule has 4 nitrogen and oxygen atoms in total. The van der Waals surface area contributed by atoms with E-state index in [2.05, 4.69) is 22.3 Å². The van der Waals surface area contributed by atoms with Crippen molar-refractivity contribution < 1.29 is 9.90 Å². The Morgan fingerprint density at radius 1 is 1.38 bits per heavy atom. The van der Waals surface area contributed by atoms with Gasteiger partial charge in [-0.1, -0.05) is 32.0 Å². The third kappa shape index (κ3) is 4.74. The number of hydrogen-bond donors (Lipinski definition) is 2. The molecule has 2 atom stereocenters. The maximum Gasteiger partial charge on any atom is 0.222 e. The van der Waals surface area contributed by atoms with Crippen LogP contribution in [-0.2, 0) is 4.79 Å². The number of rotatable bonds is 5. The summed E-state index contributed by atoms with van der Waals surface area (Å²) in [5, 5.41) is 12.8. The van der Waals surface area contributed by atoms with Gasteiger partial charge < -0.3 is 15.3 Å². The Morgan fingerprint density at radius 2 is 2.10 bits per heavy atom. The zero-order valence-corrected chi connectivity index (χ0v) is 13.0. The molecule has 0 aliphatic carbocycles. The highest BCUT2D eigenvalue weighted by molar-refractivity contribution is 5.76. The second-order valence-corrected chi connectivity index (χ2v) is 6.20. The highest BCUT2D eigenvalue weighted by Crippen LogP contribution is 2.19. The number of carbonyl (C=O) groups excluding carboxylic acids is 1. The van der Waals surface area contributed by atoms with Gasteiger partial charge in [-0.3, -0.25) is 4.79 Å². The minimum absolute atomic E-state index is 0.0453. The lowest BCUT2D eigenvalue weighted by Gasteiger charge is -2.35. The zero-order valence-electron chi connectivity index (χ0n) is 13.0. The summed E-state index contributed by atoms with van der Waals surface area (Å²) >= 11 is 0. The van der Waals surface area contributed by atoms with Crippen LogP contribution < -0.4 is 10.2 Å². The van der Waals surface area contributed by atoms with Crippen LogP contribution >= 0.6 is 0 Å². The second-order valence-electron chi connectivity index (χ2n) is 6.20. The van der Waals surface area contributed by atoms with Crippen molar-refractivity contribution in [3.8, 4) is 0 Å². The van der Waals surface area contributed by atoms with E-state index in [9.17, 15) is 9.90 Å². The van der Waals surface area contributed by atoms with Crippen molar-refractivity contribution in [2.75, 3.05) is 18.0 Å². The maximum atomic E-state index is 12.0. The monoisotopic (exact) mass is 290 g/mol. The Kier molecular flexibility index (Phi) is 5.62. The molecule has 1 fully saturated rings. The number of anilines is 1. The van der Waals surface area contributed by atoms with Gasteiger partial charge in [0.05, 0.1) is 12.5 Å². The van der Waals surface area contributed by atoms with Crippen LogP contribution in [0, 0.1) is 5.92 Å². The molecule has 1 saturated heterocycles. The summed E-state index contributed by atoms with van der Waals surface area (Å²) in [4.78, 5) is 14.3. The number of hydrogen-bond acceptors (Lipinski definition) is 3. The van der Waals surface area contributed by atoms with E-state index < -0.39 is 6.10 Å². The molecular weight excluding hydrogens is 264 g/mol. The van der Waals surface area contributed by atoms with Gasteiger partial charge in [-0.15, -0.1) is 0 Å².